The van der Waals surface area contributed by atoms with Crippen LogP contribution in [0.5, 0.6) is 0 Å². The van der Waals surface area contributed by atoms with Crippen molar-refractivity contribution in [2.24, 2.45) is 0 Å². The summed E-state index contributed by atoms with van der Waals surface area (Å²) in [6.45, 7) is 3.54. The van der Waals surface area contributed by atoms with Crippen LogP contribution in [-0.2, 0) is 11.2 Å². The number of nitrogens with zero attached hydrogens (tertiary/aromatic N) is 1. The molecule has 3 rings (SSSR count). The molecule has 34 heavy (non-hydrogen) atoms. The normalized spacial score (nSPS) is 10.3. The molecule has 0 aliphatic rings. The Hall–Kier alpha value is -3.83. The molecule has 0 radical (unpaired) electrons. The van der Waals surface area contributed by atoms with E-state index in [1.165, 1.54) is 29.5 Å². The Labute approximate surface area is 205 Å². The molecular formula is C23H22N4O5S2. The van der Waals surface area contributed by atoms with E-state index in [2.05, 4.69) is 16.2 Å². The molecule has 3 N–H and O–H groups in total. The van der Waals surface area contributed by atoms with Gasteiger partial charge in [-0.05, 0) is 43.8 Å². The first kappa shape index (κ1) is 24.8. The second-order valence-corrected chi connectivity index (χ2v) is 8.67. The highest BCUT2D eigenvalue weighted by atomic mass is 32.1. The molecule has 0 saturated heterocycles. The number of nitro groups is 1. The lowest BCUT2D eigenvalue weighted by atomic mass is 10.1. The van der Waals surface area contributed by atoms with Crippen LogP contribution in [0.2, 0.25) is 0 Å². The zero-order valence-corrected chi connectivity index (χ0v) is 20.0. The number of anilines is 1. The lowest BCUT2D eigenvalue weighted by Crippen LogP contribution is -2.43. The molecule has 3 aromatic rings. The predicted molar refractivity (Wildman–Crippen MR) is 134 cm³/mol. The van der Waals surface area contributed by atoms with Gasteiger partial charge in [-0.15, -0.1) is 11.3 Å². The number of carbonyl (C=O) groups is 2. The molecule has 0 spiro atoms. The summed E-state index contributed by atoms with van der Waals surface area (Å²) in [6, 6.07) is 15.7. The van der Waals surface area contributed by atoms with Crippen molar-refractivity contribution in [1.29, 1.82) is 0 Å². The van der Waals surface area contributed by atoms with Gasteiger partial charge < -0.3 is 10.1 Å². The number of aryl methyl sites for hydroxylation is 1. The third-order valence-electron chi connectivity index (χ3n) is 4.68. The molecule has 176 valence electrons. The number of hydrogen-bond donors (Lipinski definition) is 3. The van der Waals surface area contributed by atoms with Crippen LogP contribution in [0.1, 0.15) is 43.6 Å². The number of rotatable bonds is 7. The number of nitrogens with one attached hydrogen (secondary N) is 3. The first-order valence-electron chi connectivity index (χ1n) is 10.2. The number of hydrogen-bond acceptors (Lipinski definition) is 7. The van der Waals surface area contributed by atoms with Gasteiger partial charge in [0.2, 0.25) is 0 Å². The molecule has 0 unspecified atom stereocenters. The lowest BCUT2D eigenvalue weighted by molar-refractivity contribution is -0.385. The summed E-state index contributed by atoms with van der Waals surface area (Å²) in [5, 5.41) is 14.5. The number of benzene rings is 2. The Morgan fingerprint density at radius 2 is 1.85 bits per heavy atom. The van der Waals surface area contributed by atoms with Gasteiger partial charge in [0, 0.05) is 28.5 Å². The number of thiophene rings is 1. The van der Waals surface area contributed by atoms with Gasteiger partial charge in [-0.3, -0.25) is 25.8 Å². The van der Waals surface area contributed by atoms with Crippen molar-refractivity contribution in [3.05, 3.63) is 91.8 Å². The van der Waals surface area contributed by atoms with E-state index in [0.717, 1.165) is 10.4 Å². The van der Waals surface area contributed by atoms with Gasteiger partial charge in [0.15, 0.2) is 5.11 Å². The number of nitro benzene ring substituents is 1. The summed E-state index contributed by atoms with van der Waals surface area (Å²) in [5.74, 6) is -1.09. The Morgan fingerprint density at radius 3 is 2.53 bits per heavy atom. The molecule has 1 heterocycles. The minimum Gasteiger partial charge on any atom is -0.462 e. The lowest BCUT2D eigenvalue weighted by Gasteiger charge is -2.12. The van der Waals surface area contributed by atoms with Crippen molar-refractivity contribution in [3.63, 3.8) is 0 Å². The van der Waals surface area contributed by atoms with Crippen LogP contribution in [0, 0.1) is 17.0 Å². The highest BCUT2D eigenvalue weighted by Crippen LogP contribution is 2.30. The van der Waals surface area contributed by atoms with Crippen molar-refractivity contribution in [1.82, 2.24) is 10.9 Å². The molecule has 0 fully saturated rings. The third-order valence-corrected chi connectivity index (χ3v) is 5.94. The van der Waals surface area contributed by atoms with E-state index < -0.39 is 16.8 Å². The topological polar surface area (TPSA) is 123 Å². The maximum atomic E-state index is 12.4. The molecule has 1 aromatic heterocycles. The summed E-state index contributed by atoms with van der Waals surface area (Å²) < 4.78 is 5.15. The number of ether oxygens (including phenoxy) is 1. The van der Waals surface area contributed by atoms with E-state index >= 15 is 0 Å². The Kier molecular flexibility index (Phi) is 8.28. The largest absolute Gasteiger partial charge is 0.462 e. The number of esters is 1. The predicted octanol–water partition coefficient (Wildman–Crippen LogP) is 4.36. The summed E-state index contributed by atoms with van der Waals surface area (Å²) in [6.07, 6.45) is 0.628. The second-order valence-electron chi connectivity index (χ2n) is 7.13. The van der Waals surface area contributed by atoms with Crippen LogP contribution in [0.25, 0.3) is 0 Å². The third kappa shape index (κ3) is 6.36. The average Bonchev–Trinajstić information content (AvgIpc) is 3.20. The van der Waals surface area contributed by atoms with Crippen LogP contribution in [0.15, 0.2) is 54.6 Å². The monoisotopic (exact) mass is 498 g/mol. The molecule has 0 atom stereocenters. The fourth-order valence-corrected chi connectivity index (χ4v) is 4.35. The van der Waals surface area contributed by atoms with Crippen molar-refractivity contribution in [2.45, 2.75) is 20.3 Å². The van der Waals surface area contributed by atoms with E-state index in [1.807, 2.05) is 30.3 Å². The maximum Gasteiger partial charge on any atom is 0.341 e. The van der Waals surface area contributed by atoms with E-state index in [-0.39, 0.29) is 23.0 Å². The van der Waals surface area contributed by atoms with Gasteiger partial charge in [-0.2, -0.15) is 0 Å². The molecule has 0 aliphatic carbocycles. The van der Waals surface area contributed by atoms with Crippen LogP contribution in [-0.4, -0.2) is 28.5 Å². The van der Waals surface area contributed by atoms with Gasteiger partial charge >= 0.3 is 5.97 Å². The quantitative estimate of drug-likeness (QED) is 0.190. The Bertz CT molecular complexity index is 1230. The molecule has 2 aromatic carbocycles. The van der Waals surface area contributed by atoms with Crippen LogP contribution >= 0.6 is 23.6 Å². The molecule has 0 aliphatic heterocycles. The highest BCUT2D eigenvalue weighted by molar-refractivity contribution is 7.80. The van der Waals surface area contributed by atoms with Gasteiger partial charge in [0.05, 0.1) is 17.1 Å². The summed E-state index contributed by atoms with van der Waals surface area (Å²) >= 11 is 6.60. The van der Waals surface area contributed by atoms with Crippen molar-refractivity contribution in [3.8, 4) is 0 Å². The van der Waals surface area contributed by atoms with E-state index in [0.29, 0.717) is 22.5 Å². The number of thiocarbonyl (C=S) groups is 1. The first-order chi connectivity index (χ1) is 16.3. The van der Waals surface area contributed by atoms with Gasteiger partial charge in [0.25, 0.3) is 11.6 Å². The molecule has 1 amide bonds. The van der Waals surface area contributed by atoms with Gasteiger partial charge in [-0.25, -0.2) is 4.79 Å². The van der Waals surface area contributed by atoms with E-state index in [9.17, 15) is 19.7 Å². The second kappa shape index (κ2) is 11.3. The Balaban J connectivity index is 1.69. The number of carbonyl (C=O) groups excluding carboxylic acids is 2. The van der Waals surface area contributed by atoms with Gasteiger partial charge in [-0.1, -0.05) is 36.4 Å². The Morgan fingerprint density at radius 1 is 1.12 bits per heavy atom. The summed E-state index contributed by atoms with van der Waals surface area (Å²) in [5.41, 5.74) is 6.77. The fraction of sp³-hybridized carbons (Fsp3) is 0.174. The van der Waals surface area contributed by atoms with Crippen molar-refractivity contribution >= 4 is 51.2 Å². The fourth-order valence-electron chi connectivity index (χ4n) is 3.05. The summed E-state index contributed by atoms with van der Waals surface area (Å²) in [7, 11) is 0. The molecule has 9 nitrogen and oxygen atoms in total. The van der Waals surface area contributed by atoms with Crippen molar-refractivity contribution in [2.75, 3.05) is 11.9 Å². The molecular weight excluding hydrogens is 476 g/mol. The number of amides is 1. The van der Waals surface area contributed by atoms with Gasteiger partial charge in [0.1, 0.15) is 5.00 Å². The van der Waals surface area contributed by atoms with E-state index in [1.54, 1.807) is 19.9 Å². The standard InChI is InChI=1S/C23H22N4O5S2/c1-3-32-22(29)18-13-17(11-15-7-5-4-6-8-15)34-21(18)24-23(33)26-25-20(28)16-10-9-14(2)19(12-16)27(30)31/h4-10,12-13H,3,11H2,1-2H3,(H,25,28)(H2,24,26,33). The smallest absolute Gasteiger partial charge is 0.341 e. The number of hydrazine groups is 1. The summed E-state index contributed by atoms with van der Waals surface area (Å²) in [4.78, 5) is 36.3. The first-order valence-corrected chi connectivity index (χ1v) is 11.5. The van der Waals surface area contributed by atoms with Crippen LogP contribution in [0.4, 0.5) is 10.7 Å². The average molecular weight is 499 g/mol. The zero-order valence-electron chi connectivity index (χ0n) is 18.4. The molecule has 11 heteroatoms. The molecule has 0 bridgehead atoms. The minimum absolute atomic E-state index is 0.0358. The van der Waals surface area contributed by atoms with E-state index in [4.69, 9.17) is 17.0 Å². The SMILES string of the molecule is CCOC(=O)c1cc(Cc2ccccc2)sc1NC(=S)NNC(=O)c1ccc(C)c([N+](=O)[O-])c1. The maximum absolute atomic E-state index is 12.4. The highest BCUT2D eigenvalue weighted by Gasteiger charge is 2.19. The van der Waals surface area contributed by atoms with Crippen molar-refractivity contribution < 1.29 is 19.2 Å². The van der Waals surface area contributed by atoms with Crippen LogP contribution in [0.3, 0.4) is 0 Å². The van der Waals surface area contributed by atoms with Crippen LogP contribution < -0.4 is 16.2 Å². The minimum atomic E-state index is -0.603. The zero-order chi connectivity index (χ0) is 24.7. The molecule has 0 saturated carbocycles.